The molecule has 1 saturated heterocycles. The van der Waals surface area contributed by atoms with E-state index < -0.39 is 11.6 Å². The summed E-state index contributed by atoms with van der Waals surface area (Å²) in [5.41, 5.74) is 0.791. The monoisotopic (exact) mass is 324 g/mol. The Labute approximate surface area is 139 Å². The van der Waals surface area contributed by atoms with Crippen molar-refractivity contribution in [3.05, 3.63) is 29.8 Å². The maximum absolute atomic E-state index is 13.3. The van der Waals surface area contributed by atoms with Crippen LogP contribution in [0.3, 0.4) is 0 Å². The van der Waals surface area contributed by atoms with Crippen LogP contribution in [0.25, 0.3) is 0 Å². The van der Waals surface area contributed by atoms with Gasteiger partial charge in [-0.3, -0.25) is 4.90 Å². The van der Waals surface area contributed by atoms with Crippen LogP contribution in [-0.4, -0.2) is 37.6 Å². The predicted molar refractivity (Wildman–Crippen MR) is 93.0 cm³/mol. The fraction of sp³-hybridized carbons (Fsp3) is 0.684. The van der Waals surface area contributed by atoms with Crippen molar-refractivity contribution in [1.29, 1.82) is 0 Å². The Morgan fingerprint density at radius 3 is 2.13 bits per heavy atom. The van der Waals surface area contributed by atoms with Crippen molar-refractivity contribution in [3.8, 4) is 0 Å². The molecule has 1 aliphatic rings. The molecule has 2 nitrogen and oxygen atoms in total. The molecule has 0 aliphatic carbocycles. The van der Waals surface area contributed by atoms with Crippen molar-refractivity contribution in [1.82, 2.24) is 4.90 Å². The number of halogens is 2. The quantitative estimate of drug-likeness (QED) is 0.600. The Morgan fingerprint density at radius 1 is 0.826 bits per heavy atom. The van der Waals surface area contributed by atoms with Gasteiger partial charge in [0.05, 0.1) is 0 Å². The fourth-order valence-electron chi connectivity index (χ4n) is 3.20. The number of rotatable bonds is 9. The maximum Gasteiger partial charge on any atom is 0.160 e. The standard InChI is InChI=1S/C19H30F2N2/c1-2-3-4-5-6-7-8-11-22-12-14-23(15-13-22)17-9-10-18(20)19(21)16-17/h9-10,16H,2-8,11-15H2,1H3. The van der Waals surface area contributed by atoms with Gasteiger partial charge in [0.2, 0.25) is 0 Å². The molecule has 130 valence electrons. The molecule has 0 bridgehead atoms. The van der Waals surface area contributed by atoms with Gasteiger partial charge < -0.3 is 4.90 Å². The van der Waals surface area contributed by atoms with Crippen molar-refractivity contribution >= 4 is 5.69 Å². The zero-order valence-corrected chi connectivity index (χ0v) is 14.4. The number of hydrogen-bond donors (Lipinski definition) is 0. The van der Waals surface area contributed by atoms with Gasteiger partial charge in [0.25, 0.3) is 0 Å². The summed E-state index contributed by atoms with van der Waals surface area (Å²) in [6.07, 6.45) is 9.38. The lowest BCUT2D eigenvalue weighted by Crippen LogP contribution is -2.46. The first-order valence-electron chi connectivity index (χ1n) is 9.13. The second-order valence-corrected chi connectivity index (χ2v) is 6.55. The molecule has 23 heavy (non-hydrogen) atoms. The third-order valence-electron chi connectivity index (χ3n) is 4.72. The molecule has 2 rings (SSSR count). The third-order valence-corrected chi connectivity index (χ3v) is 4.72. The van der Waals surface area contributed by atoms with Crippen molar-refractivity contribution < 1.29 is 8.78 Å². The average molecular weight is 324 g/mol. The van der Waals surface area contributed by atoms with Crippen LogP contribution in [0, 0.1) is 11.6 Å². The molecule has 0 saturated carbocycles. The van der Waals surface area contributed by atoms with E-state index in [0.717, 1.165) is 31.9 Å². The number of unbranched alkanes of at least 4 members (excludes halogenated alkanes) is 6. The highest BCUT2D eigenvalue weighted by Crippen LogP contribution is 2.19. The topological polar surface area (TPSA) is 6.48 Å². The molecule has 0 unspecified atom stereocenters. The van der Waals surface area contributed by atoms with Gasteiger partial charge in [-0.05, 0) is 25.1 Å². The molecule has 1 heterocycles. The highest BCUT2D eigenvalue weighted by molar-refractivity contribution is 5.47. The second-order valence-electron chi connectivity index (χ2n) is 6.55. The van der Waals surface area contributed by atoms with Gasteiger partial charge >= 0.3 is 0 Å². The van der Waals surface area contributed by atoms with Crippen LogP contribution in [0.5, 0.6) is 0 Å². The molecule has 0 radical (unpaired) electrons. The van der Waals surface area contributed by atoms with E-state index in [1.807, 2.05) is 0 Å². The van der Waals surface area contributed by atoms with E-state index in [1.54, 1.807) is 6.07 Å². The largest absolute Gasteiger partial charge is 0.369 e. The van der Waals surface area contributed by atoms with Gasteiger partial charge in [0.1, 0.15) is 0 Å². The van der Waals surface area contributed by atoms with Crippen LogP contribution in [-0.2, 0) is 0 Å². The lowest BCUT2D eigenvalue weighted by atomic mass is 10.1. The minimum Gasteiger partial charge on any atom is -0.369 e. The van der Waals surface area contributed by atoms with E-state index in [-0.39, 0.29) is 0 Å². The van der Waals surface area contributed by atoms with E-state index >= 15 is 0 Å². The van der Waals surface area contributed by atoms with Gasteiger partial charge in [0, 0.05) is 37.9 Å². The predicted octanol–water partition coefficient (Wildman–Crippen LogP) is 4.84. The maximum atomic E-state index is 13.3. The lowest BCUT2D eigenvalue weighted by Gasteiger charge is -2.36. The average Bonchev–Trinajstić information content (AvgIpc) is 2.57. The number of anilines is 1. The summed E-state index contributed by atoms with van der Waals surface area (Å²) < 4.78 is 26.3. The molecular weight excluding hydrogens is 294 g/mol. The van der Waals surface area contributed by atoms with Crippen LogP contribution < -0.4 is 4.90 Å². The Morgan fingerprint density at radius 2 is 1.48 bits per heavy atom. The molecule has 1 fully saturated rings. The van der Waals surface area contributed by atoms with Gasteiger partial charge in [-0.25, -0.2) is 8.78 Å². The smallest absolute Gasteiger partial charge is 0.160 e. The SMILES string of the molecule is CCCCCCCCCN1CCN(c2ccc(F)c(F)c2)CC1. The first-order valence-corrected chi connectivity index (χ1v) is 9.13. The highest BCUT2D eigenvalue weighted by atomic mass is 19.2. The van der Waals surface area contributed by atoms with Crippen molar-refractivity contribution in [2.75, 3.05) is 37.6 Å². The van der Waals surface area contributed by atoms with Gasteiger partial charge in [0.15, 0.2) is 11.6 Å². The van der Waals surface area contributed by atoms with Gasteiger partial charge in [-0.15, -0.1) is 0 Å². The molecule has 0 N–H and O–H groups in total. The minimum atomic E-state index is -0.772. The Balaban J connectivity index is 1.61. The number of nitrogens with zero attached hydrogens (tertiary/aromatic N) is 2. The number of piperazine rings is 1. The number of benzene rings is 1. The summed E-state index contributed by atoms with van der Waals surface area (Å²) in [6, 6.07) is 4.20. The number of hydrogen-bond acceptors (Lipinski definition) is 2. The molecule has 0 spiro atoms. The van der Waals surface area contributed by atoms with Gasteiger partial charge in [-0.1, -0.05) is 45.4 Å². The summed E-state index contributed by atoms with van der Waals surface area (Å²) in [4.78, 5) is 4.63. The summed E-state index contributed by atoms with van der Waals surface area (Å²) >= 11 is 0. The summed E-state index contributed by atoms with van der Waals surface area (Å²) in [6.45, 7) is 7.21. The van der Waals surface area contributed by atoms with E-state index in [9.17, 15) is 8.78 Å². The van der Waals surface area contributed by atoms with Crippen molar-refractivity contribution in [3.63, 3.8) is 0 Å². The first kappa shape index (κ1) is 18.2. The molecule has 0 atom stereocenters. The van der Waals surface area contributed by atoms with E-state index in [4.69, 9.17) is 0 Å². The third kappa shape index (κ3) is 6.09. The molecule has 1 aliphatic heterocycles. The molecular formula is C19H30F2N2. The van der Waals surface area contributed by atoms with Gasteiger partial charge in [-0.2, -0.15) is 0 Å². The molecule has 0 aromatic heterocycles. The molecule has 1 aromatic carbocycles. The lowest BCUT2D eigenvalue weighted by molar-refractivity contribution is 0.252. The Hall–Kier alpha value is -1.16. The molecule has 1 aromatic rings. The van der Waals surface area contributed by atoms with E-state index in [0.29, 0.717) is 0 Å². The van der Waals surface area contributed by atoms with Crippen molar-refractivity contribution in [2.24, 2.45) is 0 Å². The van der Waals surface area contributed by atoms with Crippen LogP contribution in [0.4, 0.5) is 14.5 Å². The second kappa shape index (κ2) is 9.86. The zero-order chi connectivity index (χ0) is 16.5. The molecule has 0 amide bonds. The normalized spacial score (nSPS) is 16.0. The van der Waals surface area contributed by atoms with Crippen LogP contribution >= 0.6 is 0 Å². The van der Waals surface area contributed by atoms with E-state index in [2.05, 4.69) is 16.7 Å². The minimum absolute atomic E-state index is 0.756. The summed E-state index contributed by atoms with van der Waals surface area (Å²) in [7, 11) is 0. The Kier molecular flexibility index (Phi) is 7.80. The van der Waals surface area contributed by atoms with Crippen molar-refractivity contribution in [2.45, 2.75) is 51.9 Å². The summed E-state index contributed by atoms with van der Waals surface area (Å²) in [5.74, 6) is -1.53. The fourth-order valence-corrected chi connectivity index (χ4v) is 3.20. The molecule has 4 heteroatoms. The van der Waals surface area contributed by atoms with E-state index in [1.165, 1.54) is 63.6 Å². The summed E-state index contributed by atoms with van der Waals surface area (Å²) in [5, 5.41) is 0. The zero-order valence-electron chi connectivity index (χ0n) is 14.4. The Bertz CT molecular complexity index is 457. The van der Waals surface area contributed by atoms with Crippen LogP contribution in [0.1, 0.15) is 51.9 Å². The van der Waals surface area contributed by atoms with Crippen LogP contribution in [0.15, 0.2) is 18.2 Å². The van der Waals surface area contributed by atoms with Crippen LogP contribution in [0.2, 0.25) is 0 Å². The first-order chi connectivity index (χ1) is 11.2. The highest BCUT2D eigenvalue weighted by Gasteiger charge is 2.17.